The molecule has 0 radical (unpaired) electrons. The smallest absolute Gasteiger partial charge is 0.207 e. The normalized spacial score (nSPS) is 11.5. The van der Waals surface area contributed by atoms with Crippen LogP contribution in [0, 0.1) is 18.3 Å². The predicted molar refractivity (Wildman–Crippen MR) is 68.9 cm³/mol. The first kappa shape index (κ1) is 14.2. The Hall–Kier alpha value is -0.900. The number of hydrogen-bond acceptors (Lipinski definition) is 3. The van der Waals surface area contributed by atoms with E-state index in [2.05, 4.69) is 15.9 Å². The molecule has 0 aliphatic carbocycles. The van der Waals surface area contributed by atoms with Crippen molar-refractivity contribution in [2.45, 2.75) is 18.2 Å². The maximum atomic E-state index is 12.2. The van der Waals surface area contributed by atoms with Crippen molar-refractivity contribution in [2.24, 2.45) is 0 Å². The molecule has 0 amide bonds. The van der Waals surface area contributed by atoms with Crippen LogP contribution in [0.4, 0.5) is 0 Å². The molecule has 0 aliphatic heterocycles. The molecular weight excluding hydrogens is 304 g/mol. The quantitative estimate of drug-likeness (QED) is 0.856. The van der Waals surface area contributed by atoms with Gasteiger partial charge < -0.3 is 0 Å². The van der Waals surface area contributed by atoms with Gasteiger partial charge in [0.1, 0.15) is 0 Å². The lowest BCUT2D eigenvalue weighted by atomic mass is 10.2. The van der Waals surface area contributed by atoms with Crippen molar-refractivity contribution in [1.82, 2.24) is 4.31 Å². The number of halogens is 1. The van der Waals surface area contributed by atoms with Gasteiger partial charge in [-0.2, -0.15) is 9.57 Å². The highest BCUT2D eigenvalue weighted by atomic mass is 79.9. The minimum Gasteiger partial charge on any atom is -0.207 e. The molecule has 1 rings (SSSR count). The summed E-state index contributed by atoms with van der Waals surface area (Å²) >= 11 is 3.26. The SMILES string of the molecule is Cc1ccc(Br)cc1S(=O)(=O)N(C)CCC#N. The molecule has 92 valence electrons. The van der Waals surface area contributed by atoms with Crippen molar-refractivity contribution in [3.63, 3.8) is 0 Å². The van der Waals surface area contributed by atoms with Crippen molar-refractivity contribution in [2.75, 3.05) is 13.6 Å². The van der Waals surface area contributed by atoms with Gasteiger partial charge in [-0.1, -0.05) is 22.0 Å². The molecule has 0 bridgehead atoms. The standard InChI is InChI=1S/C11H13BrN2O2S/c1-9-4-5-10(12)8-11(9)17(15,16)14(2)7-3-6-13/h4-5,8H,3,7H2,1-2H3. The summed E-state index contributed by atoms with van der Waals surface area (Å²) in [7, 11) is -2.03. The van der Waals surface area contributed by atoms with Crippen LogP contribution in [-0.4, -0.2) is 26.3 Å². The van der Waals surface area contributed by atoms with Gasteiger partial charge in [-0.25, -0.2) is 8.42 Å². The van der Waals surface area contributed by atoms with E-state index in [9.17, 15) is 8.42 Å². The Bertz CT molecular complexity index is 549. The molecule has 0 N–H and O–H groups in total. The molecule has 0 saturated carbocycles. The van der Waals surface area contributed by atoms with E-state index in [0.29, 0.717) is 5.56 Å². The van der Waals surface area contributed by atoms with Gasteiger partial charge in [0, 0.05) is 24.5 Å². The van der Waals surface area contributed by atoms with Gasteiger partial charge in [-0.15, -0.1) is 0 Å². The van der Waals surface area contributed by atoms with Crippen molar-refractivity contribution < 1.29 is 8.42 Å². The average Bonchev–Trinajstić information content (AvgIpc) is 2.28. The van der Waals surface area contributed by atoms with Crippen LogP contribution in [-0.2, 0) is 10.0 Å². The topological polar surface area (TPSA) is 61.2 Å². The van der Waals surface area contributed by atoms with Crippen LogP contribution in [0.2, 0.25) is 0 Å². The number of benzene rings is 1. The summed E-state index contributed by atoms with van der Waals surface area (Å²) in [6.45, 7) is 1.95. The summed E-state index contributed by atoms with van der Waals surface area (Å²) in [5.41, 5.74) is 0.692. The van der Waals surface area contributed by atoms with Crippen LogP contribution >= 0.6 is 15.9 Å². The molecule has 1 aromatic rings. The first-order valence-electron chi connectivity index (χ1n) is 4.99. The third kappa shape index (κ3) is 3.28. The van der Waals surface area contributed by atoms with Crippen molar-refractivity contribution >= 4 is 26.0 Å². The zero-order valence-electron chi connectivity index (χ0n) is 9.64. The number of hydrogen-bond donors (Lipinski definition) is 0. The van der Waals surface area contributed by atoms with E-state index < -0.39 is 10.0 Å². The maximum Gasteiger partial charge on any atom is 0.243 e. The summed E-state index contributed by atoms with van der Waals surface area (Å²) in [4.78, 5) is 0.271. The molecule has 0 spiro atoms. The van der Waals surface area contributed by atoms with E-state index in [1.54, 1.807) is 25.1 Å². The molecule has 1 aromatic carbocycles. The van der Waals surface area contributed by atoms with Gasteiger partial charge in [-0.05, 0) is 24.6 Å². The molecule has 6 heteroatoms. The third-order valence-electron chi connectivity index (χ3n) is 2.38. The summed E-state index contributed by atoms with van der Waals surface area (Å²) in [5, 5.41) is 8.47. The lowest BCUT2D eigenvalue weighted by Gasteiger charge is -2.17. The number of aryl methyl sites for hydroxylation is 1. The van der Waals surface area contributed by atoms with Crippen LogP contribution in [0.1, 0.15) is 12.0 Å². The molecule has 0 heterocycles. The fraction of sp³-hybridized carbons (Fsp3) is 0.364. The molecular formula is C11H13BrN2O2S. The molecule has 0 fully saturated rings. The van der Waals surface area contributed by atoms with E-state index in [4.69, 9.17) is 5.26 Å². The molecule has 0 atom stereocenters. The monoisotopic (exact) mass is 316 g/mol. The fourth-order valence-electron chi connectivity index (χ4n) is 1.35. The summed E-state index contributed by atoms with van der Waals surface area (Å²) < 4.78 is 26.3. The summed E-state index contributed by atoms with van der Waals surface area (Å²) in [6, 6.07) is 7.05. The second-order valence-electron chi connectivity index (χ2n) is 3.64. The van der Waals surface area contributed by atoms with Gasteiger partial charge in [0.25, 0.3) is 0 Å². The van der Waals surface area contributed by atoms with Crippen LogP contribution in [0.5, 0.6) is 0 Å². The van der Waals surface area contributed by atoms with Gasteiger partial charge in [-0.3, -0.25) is 0 Å². The Morgan fingerprint density at radius 2 is 2.12 bits per heavy atom. The van der Waals surface area contributed by atoms with Crippen molar-refractivity contribution in [3.05, 3.63) is 28.2 Å². The maximum absolute atomic E-state index is 12.2. The van der Waals surface area contributed by atoms with Crippen LogP contribution in [0.15, 0.2) is 27.6 Å². The third-order valence-corrected chi connectivity index (χ3v) is 4.87. The van der Waals surface area contributed by atoms with Crippen LogP contribution in [0.3, 0.4) is 0 Å². The highest BCUT2D eigenvalue weighted by Gasteiger charge is 2.22. The van der Waals surface area contributed by atoms with E-state index >= 15 is 0 Å². The summed E-state index contributed by atoms with van der Waals surface area (Å²) in [5.74, 6) is 0. The average molecular weight is 317 g/mol. The Labute approximate surface area is 110 Å². The van der Waals surface area contributed by atoms with E-state index in [0.717, 1.165) is 4.47 Å². The second-order valence-corrected chi connectivity index (χ2v) is 6.57. The van der Waals surface area contributed by atoms with Crippen molar-refractivity contribution in [3.8, 4) is 6.07 Å². The Morgan fingerprint density at radius 1 is 1.47 bits per heavy atom. The molecule has 4 nitrogen and oxygen atoms in total. The molecule has 0 aromatic heterocycles. The lowest BCUT2D eigenvalue weighted by molar-refractivity contribution is 0.476. The first-order chi connectivity index (χ1) is 7.89. The van der Waals surface area contributed by atoms with Crippen molar-refractivity contribution in [1.29, 1.82) is 5.26 Å². The molecule has 17 heavy (non-hydrogen) atoms. The molecule has 0 saturated heterocycles. The lowest BCUT2D eigenvalue weighted by Crippen LogP contribution is -2.28. The Balaban J connectivity index is 3.13. The van der Waals surface area contributed by atoms with Gasteiger partial charge >= 0.3 is 0 Å². The zero-order chi connectivity index (χ0) is 13.1. The van der Waals surface area contributed by atoms with E-state index in [-0.39, 0.29) is 17.9 Å². The summed E-state index contributed by atoms with van der Waals surface area (Å²) in [6.07, 6.45) is 0.183. The number of sulfonamides is 1. The number of nitriles is 1. The van der Waals surface area contributed by atoms with E-state index in [1.165, 1.54) is 11.4 Å². The molecule has 0 unspecified atom stereocenters. The minimum atomic E-state index is -3.51. The Kier molecular flexibility index (Phi) is 4.69. The highest BCUT2D eigenvalue weighted by molar-refractivity contribution is 9.10. The van der Waals surface area contributed by atoms with E-state index in [1.807, 2.05) is 6.07 Å². The number of rotatable bonds is 4. The largest absolute Gasteiger partial charge is 0.243 e. The molecule has 0 aliphatic rings. The fourth-order valence-corrected chi connectivity index (χ4v) is 3.28. The number of nitrogens with zero attached hydrogens (tertiary/aromatic N) is 2. The minimum absolute atomic E-state index is 0.183. The van der Waals surface area contributed by atoms with Gasteiger partial charge in [0.05, 0.1) is 11.0 Å². The predicted octanol–water partition coefficient (Wildman–Crippen LogP) is 2.29. The van der Waals surface area contributed by atoms with Gasteiger partial charge in [0.15, 0.2) is 0 Å². The Morgan fingerprint density at radius 3 is 2.71 bits per heavy atom. The van der Waals surface area contributed by atoms with Crippen LogP contribution in [0.25, 0.3) is 0 Å². The zero-order valence-corrected chi connectivity index (χ0v) is 12.0. The van der Waals surface area contributed by atoms with Gasteiger partial charge in [0.2, 0.25) is 10.0 Å². The van der Waals surface area contributed by atoms with Crippen LogP contribution < -0.4 is 0 Å². The highest BCUT2D eigenvalue weighted by Crippen LogP contribution is 2.23. The second kappa shape index (κ2) is 5.63. The first-order valence-corrected chi connectivity index (χ1v) is 7.22.